The Kier molecular flexibility index (Phi) is 8.81. The zero-order valence-corrected chi connectivity index (χ0v) is 21.0. The van der Waals surface area contributed by atoms with Gasteiger partial charge in [-0.15, -0.1) is 0 Å². The summed E-state index contributed by atoms with van der Waals surface area (Å²) in [6.45, 7) is 6.63. The molecule has 0 saturated carbocycles. The predicted molar refractivity (Wildman–Crippen MR) is 133 cm³/mol. The van der Waals surface area contributed by atoms with Crippen LogP contribution in [0, 0.1) is 5.92 Å². The maximum Gasteiger partial charge on any atom is 0.257 e. The molecular formula is C26H34N4O5. The minimum atomic E-state index is -0.296. The number of anilines is 1. The van der Waals surface area contributed by atoms with Crippen LogP contribution in [0.5, 0.6) is 5.75 Å². The van der Waals surface area contributed by atoms with Crippen LogP contribution in [0.3, 0.4) is 0 Å². The molecule has 35 heavy (non-hydrogen) atoms. The van der Waals surface area contributed by atoms with Gasteiger partial charge in [-0.1, -0.05) is 13.8 Å². The summed E-state index contributed by atoms with van der Waals surface area (Å²) in [5, 5.41) is 2.79. The minimum Gasteiger partial charge on any atom is -0.491 e. The second-order valence-corrected chi connectivity index (χ2v) is 8.90. The topological polar surface area (TPSA) is 101 Å². The van der Waals surface area contributed by atoms with Crippen molar-refractivity contribution in [2.45, 2.75) is 39.3 Å². The van der Waals surface area contributed by atoms with Gasteiger partial charge in [-0.05, 0) is 37.3 Å². The molecular weight excluding hydrogens is 448 g/mol. The summed E-state index contributed by atoms with van der Waals surface area (Å²) >= 11 is 0. The van der Waals surface area contributed by atoms with E-state index in [1.165, 1.54) is 0 Å². The first kappa shape index (κ1) is 26.2. The molecule has 0 radical (unpaired) electrons. The van der Waals surface area contributed by atoms with Gasteiger partial charge in [0.25, 0.3) is 11.8 Å². The van der Waals surface area contributed by atoms with E-state index in [9.17, 15) is 14.4 Å². The van der Waals surface area contributed by atoms with Crippen LogP contribution in [0.1, 0.15) is 47.9 Å². The highest BCUT2D eigenvalue weighted by Gasteiger charge is 2.31. The van der Waals surface area contributed by atoms with Crippen molar-refractivity contribution in [2.75, 3.05) is 39.2 Å². The number of hydrogen-bond donors (Lipinski definition) is 1. The first-order valence-corrected chi connectivity index (χ1v) is 11.8. The highest BCUT2D eigenvalue weighted by Crippen LogP contribution is 2.27. The van der Waals surface area contributed by atoms with Crippen molar-refractivity contribution in [3.05, 3.63) is 53.9 Å². The molecule has 0 spiro atoms. The fraction of sp³-hybridized carbons (Fsp3) is 0.462. The Bertz CT molecular complexity index is 1050. The molecule has 0 bridgehead atoms. The van der Waals surface area contributed by atoms with Crippen LogP contribution in [0.2, 0.25) is 0 Å². The van der Waals surface area contributed by atoms with Crippen molar-refractivity contribution >= 4 is 23.4 Å². The molecule has 0 saturated heterocycles. The number of carbonyl (C=O) groups is 3. The molecule has 9 heteroatoms. The average molecular weight is 483 g/mol. The van der Waals surface area contributed by atoms with Crippen LogP contribution in [0.25, 0.3) is 0 Å². The Hall–Kier alpha value is -3.46. The minimum absolute atomic E-state index is 0.0578. The number of fused-ring (bicyclic) bond motifs is 1. The van der Waals surface area contributed by atoms with Gasteiger partial charge in [0.05, 0.1) is 17.7 Å². The Morgan fingerprint density at radius 1 is 1.17 bits per heavy atom. The number of hydrogen-bond acceptors (Lipinski definition) is 6. The van der Waals surface area contributed by atoms with Gasteiger partial charge < -0.3 is 24.6 Å². The average Bonchev–Trinajstić information content (AvgIpc) is 2.88. The molecule has 0 aliphatic carbocycles. The summed E-state index contributed by atoms with van der Waals surface area (Å²) in [6.07, 6.45) is 3.22. The van der Waals surface area contributed by atoms with Gasteiger partial charge >= 0.3 is 0 Å². The highest BCUT2D eigenvalue weighted by atomic mass is 16.5. The summed E-state index contributed by atoms with van der Waals surface area (Å²) in [5.41, 5.74) is 1.40. The summed E-state index contributed by atoms with van der Waals surface area (Å²) in [4.78, 5) is 46.0. The van der Waals surface area contributed by atoms with Crippen LogP contribution < -0.4 is 10.1 Å². The molecule has 1 aromatic heterocycles. The van der Waals surface area contributed by atoms with Crippen LogP contribution in [0.4, 0.5) is 5.69 Å². The van der Waals surface area contributed by atoms with E-state index in [4.69, 9.17) is 9.47 Å². The molecule has 1 aliphatic heterocycles. The standard InChI is InChI=1S/C26H34N4O5/c1-6-24(31)28-20-7-8-22-21(13-20)26(33)29(4)15-23(34-5)17(2)14-30(18(3)16-35-22)25(32)19-9-11-27-12-10-19/h7-13,17-18,23H,6,14-16H2,1-5H3,(H,28,31)/t17-,18+,23+/m1/s1. The third-order valence-electron chi connectivity index (χ3n) is 6.24. The van der Waals surface area contributed by atoms with Gasteiger partial charge in [0.15, 0.2) is 0 Å². The molecule has 3 rings (SSSR count). The molecule has 3 amide bonds. The smallest absolute Gasteiger partial charge is 0.257 e. The van der Waals surface area contributed by atoms with Gasteiger partial charge in [-0.25, -0.2) is 0 Å². The lowest BCUT2D eigenvalue weighted by molar-refractivity contribution is -0.115. The maximum absolute atomic E-state index is 13.4. The summed E-state index contributed by atoms with van der Waals surface area (Å²) in [5.74, 6) is -0.170. The van der Waals surface area contributed by atoms with Crippen molar-refractivity contribution in [3.63, 3.8) is 0 Å². The lowest BCUT2D eigenvalue weighted by Crippen LogP contribution is -2.48. The normalized spacial score (nSPS) is 21.3. The molecule has 188 valence electrons. The zero-order valence-electron chi connectivity index (χ0n) is 21.0. The molecule has 0 fully saturated rings. The second kappa shape index (κ2) is 11.8. The number of aromatic nitrogens is 1. The Balaban J connectivity index is 1.98. The van der Waals surface area contributed by atoms with Crippen LogP contribution in [0.15, 0.2) is 42.7 Å². The lowest BCUT2D eigenvalue weighted by atomic mass is 10.0. The summed E-state index contributed by atoms with van der Waals surface area (Å²) in [7, 11) is 3.32. The largest absolute Gasteiger partial charge is 0.491 e. The zero-order chi connectivity index (χ0) is 25.5. The van der Waals surface area contributed by atoms with E-state index in [2.05, 4.69) is 10.3 Å². The van der Waals surface area contributed by atoms with E-state index >= 15 is 0 Å². The van der Waals surface area contributed by atoms with Gasteiger partial charge in [0.2, 0.25) is 5.91 Å². The summed E-state index contributed by atoms with van der Waals surface area (Å²) < 4.78 is 11.8. The monoisotopic (exact) mass is 482 g/mol. The number of amides is 3. The lowest BCUT2D eigenvalue weighted by Gasteiger charge is -2.36. The van der Waals surface area contributed by atoms with Crippen molar-refractivity contribution < 1.29 is 23.9 Å². The van der Waals surface area contributed by atoms with Crippen LogP contribution >= 0.6 is 0 Å². The fourth-order valence-electron chi connectivity index (χ4n) is 4.05. The van der Waals surface area contributed by atoms with E-state index < -0.39 is 0 Å². The fourth-order valence-corrected chi connectivity index (χ4v) is 4.05. The number of methoxy groups -OCH3 is 1. The number of nitrogens with zero attached hydrogens (tertiary/aromatic N) is 3. The first-order valence-electron chi connectivity index (χ1n) is 11.8. The van der Waals surface area contributed by atoms with Gasteiger partial charge in [0.1, 0.15) is 12.4 Å². The molecule has 1 aromatic carbocycles. The van der Waals surface area contributed by atoms with Crippen LogP contribution in [-0.4, -0.2) is 78.5 Å². The summed E-state index contributed by atoms with van der Waals surface area (Å²) in [6, 6.07) is 8.11. The number of ether oxygens (including phenoxy) is 2. The molecule has 2 aromatic rings. The SMILES string of the molecule is CCC(=O)Nc1ccc2c(c1)C(=O)N(C)C[C@H](OC)[C@H](C)CN(C(=O)c1ccncc1)[C@@H](C)CO2. The number of rotatable bonds is 4. The Morgan fingerprint density at radius 2 is 1.89 bits per heavy atom. The van der Waals surface area contributed by atoms with E-state index in [0.29, 0.717) is 42.1 Å². The predicted octanol–water partition coefficient (Wildman–Crippen LogP) is 3.08. The van der Waals surface area contributed by atoms with Crippen molar-refractivity contribution in [1.29, 1.82) is 0 Å². The maximum atomic E-state index is 13.4. The Morgan fingerprint density at radius 3 is 2.54 bits per heavy atom. The third-order valence-corrected chi connectivity index (χ3v) is 6.24. The van der Waals surface area contributed by atoms with E-state index in [-0.39, 0.29) is 42.4 Å². The molecule has 3 atom stereocenters. The number of nitrogens with one attached hydrogen (secondary N) is 1. The van der Waals surface area contributed by atoms with E-state index in [0.717, 1.165) is 0 Å². The molecule has 2 heterocycles. The van der Waals surface area contributed by atoms with Gasteiger partial charge in [0, 0.05) is 63.2 Å². The highest BCUT2D eigenvalue weighted by molar-refractivity contribution is 5.99. The number of carbonyl (C=O) groups excluding carboxylic acids is 3. The molecule has 1 N–H and O–H groups in total. The second-order valence-electron chi connectivity index (χ2n) is 8.90. The van der Waals surface area contributed by atoms with Crippen molar-refractivity contribution in [2.24, 2.45) is 5.92 Å². The first-order chi connectivity index (χ1) is 16.7. The third kappa shape index (κ3) is 6.36. The Labute approximate surface area is 206 Å². The number of benzene rings is 1. The quantitative estimate of drug-likeness (QED) is 0.719. The van der Waals surface area contributed by atoms with Gasteiger partial charge in [-0.3, -0.25) is 19.4 Å². The van der Waals surface area contributed by atoms with Crippen LogP contribution in [-0.2, 0) is 9.53 Å². The molecule has 0 unspecified atom stereocenters. The molecule has 1 aliphatic rings. The number of likely N-dealkylation sites (N-methyl/N-ethyl adjacent to an activating group) is 1. The van der Waals surface area contributed by atoms with Crippen molar-refractivity contribution in [3.8, 4) is 5.75 Å². The van der Waals surface area contributed by atoms with E-state index in [1.807, 2.05) is 13.8 Å². The van der Waals surface area contributed by atoms with Gasteiger partial charge in [-0.2, -0.15) is 0 Å². The number of pyridine rings is 1. The van der Waals surface area contributed by atoms with Crippen molar-refractivity contribution in [1.82, 2.24) is 14.8 Å². The molecule has 9 nitrogen and oxygen atoms in total. The van der Waals surface area contributed by atoms with E-state index in [1.54, 1.807) is 73.6 Å².